The molecule has 2 aromatic heterocycles. The summed E-state index contributed by atoms with van der Waals surface area (Å²) in [6.07, 6.45) is 3.74. The highest BCUT2D eigenvalue weighted by molar-refractivity contribution is 7.98. The number of hydrogen-bond donors (Lipinski definition) is 1. The van der Waals surface area contributed by atoms with Crippen molar-refractivity contribution in [2.24, 2.45) is 5.73 Å². The summed E-state index contributed by atoms with van der Waals surface area (Å²) in [6, 6.07) is 0. The molecule has 2 rings (SSSR count). The average molecular weight is 239 g/mol. The first kappa shape index (κ1) is 11.2. The molecule has 0 aliphatic carbocycles. The Morgan fingerprint density at radius 2 is 2.38 bits per heavy atom. The molecule has 0 saturated carbocycles. The summed E-state index contributed by atoms with van der Waals surface area (Å²) in [5.41, 5.74) is 5.38. The van der Waals surface area contributed by atoms with Crippen LogP contribution in [0.25, 0.3) is 0 Å². The van der Waals surface area contributed by atoms with Crippen LogP contribution in [0.1, 0.15) is 18.6 Å². The van der Waals surface area contributed by atoms with Gasteiger partial charge in [-0.15, -0.1) is 10.2 Å². The molecule has 0 aromatic carbocycles. The number of nitrogens with two attached hydrogens (primary N) is 1. The maximum atomic E-state index is 5.38. The van der Waals surface area contributed by atoms with Crippen LogP contribution in [-0.2, 0) is 18.8 Å². The molecule has 0 amide bonds. The van der Waals surface area contributed by atoms with E-state index < -0.39 is 0 Å². The third kappa shape index (κ3) is 2.42. The lowest BCUT2D eigenvalue weighted by Gasteiger charge is -2.01. The van der Waals surface area contributed by atoms with Crippen molar-refractivity contribution in [3.8, 4) is 0 Å². The first-order valence-corrected chi connectivity index (χ1v) is 5.97. The average Bonchev–Trinajstić information content (AvgIpc) is 2.94. The molecule has 0 spiro atoms. The van der Waals surface area contributed by atoms with E-state index in [0.717, 1.165) is 12.4 Å². The van der Waals surface area contributed by atoms with Crippen LogP contribution >= 0.6 is 11.8 Å². The zero-order chi connectivity index (χ0) is 11.4. The van der Waals surface area contributed by atoms with E-state index in [1.54, 1.807) is 6.20 Å². The first-order valence-electron chi connectivity index (χ1n) is 4.98. The van der Waals surface area contributed by atoms with Crippen LogP contribution in [0.3, 0.4) is 0 Å². The topological polar surface area (TPSA) is 82.8 Å². The van der Waals surface area contributed by atoms with Crippen LogP contribution in [0.15, 0.2) is 22.0 Å². The monoisotopic (exact) mass is 239 g/mol. The number of nitrogens with zero attached hydrogens (tertiary/aromatic N) is 4. The normalized spacial score (nSPS) is 10.9. The van der Waals surface area contributed by atoms with Gasteiger partial charge >= 0.3 is 0 Å². The Balaban J connectivity index is 1.96. The van der Waals surface area contributed by atoms with E-state index in [2.05, 4.69) is 26.7 Å². The number of imidazole rings is 1. The van der Waals surface area contributed by atoms with Gasteiger partial charge in [-0.2, -0.15) is 0 Å². The van der Waals surface area contributed by atoms with Gasteiger partial charge in [-0.05, 0) is 6.92 Å². The molecule has 2 aromatic rings. The predicted molar refractivity (Wildman–Crippen MR) is 59.7 cm³/mol. The molecule has 0 fully saturated rings. The highest BCUT2D eigenvalue weighted by Crippen LogP contribution is 2.20. The second-order valence-electron chi connectivity index (χ2n) is 3.08. The predicted octanol–water partition coefficient (Wildman–Crippen LogP) is 1.04. The zero-order valence-electron chi connectivity index (χ0n) is 8.96. The SMILES string of the molecule is CCn1ccnc1CSc1nnc(CN)o1. The largest absolute Gasteiger partial charge is 0.415 e. The van der Waals surface area contributed by atoms with E-state index in [4.69, 9.17) is 10.2 Å². The third-order valence-corrected chi connectivity index (χ3v) is 2.90. The number of aromatic nitrogens is 4. The second-order valence-corrected chi connectivity index (χ2v) is 4.01. The van der Waals surface area contributed by atoms with Gasteiger partial charge in [0.1, 0.15) is 5.82 Å². The number of hydrogen-bond acceptors (Lipinski definition) is 6. The van der Waals surface area contributed by atoms with E-state index in [0.29, 0.717) is 16.9 Å². The Kier molecular flexibility index (Phi) is 3.58. The standard InChI is InChI=1S/C9H13N5OS/c1-2-14-4-3-11-7(14)6-16-9-13-12-8(5-10)15-9/h3-4H,2,5-6,10H2,1H3. The number of thioether (sulfide) groups is 1. The van der Waals surface area contributed by atoms with Gasteiger partial charge in [-0.3, -0.25) is 0 Å². The highest BCUT2D eigenvalue weighted by atomic mass is 32.2. The van der Waals surface area contributed by atoms with Crippen molar-refractivity contribution in [2.45, 2.75) is 31.0 Å². The lowest BCUT2D eigenvalue weighted by molar-refractivity contribution is 0.414. The molecule has 16 heavy (non-hydrogen) atoms. The van der Waals surface area contributed by atoms with Crippen molar-refractivity contribution in [1.82, 2.24) is 19.7 Å². The minimum atomic E-state index is 0.275. The molecule has 0 bridgehead atoms. The van der Waals surface area contributed by atoms with E-state index >= 15 is 0 Å². The van der Waals surface area contributed by atoms with Gasteiger partial charge < -0.3 is 14.7 Å². The fourth-order valence-corrected chi connectivity index (χ4v) is 2.02. The molecule has 0 saturated heterocycles. The summed E-state index contributed by atoms with van der Waals surface area (Å²) in [4.78, 5) is 4.26. The molecular weight excluding hydrogens is 226 g/mol. The minimum Gasteiger partial charge on any atom is -0.415 e. The lowest BCUT2D eigenvalue weighted by atomic mass is 10.6. The van der Waals surface area contributed by atoms with E-state index in [1.807, 2.05) is 6.20 Å². The smallest absolute Gasteiger partial charge is 0.277 e. The number of rotatable bonds is 5. The summed E-state index contributed by atoms with van der Waals surface area (Å²) < 4.78 is 7.36. The zero-order valence-corrected chi connectivity index (χ0v) is 9.78. The maximum Gasteiger partial charge on any atom is 0.277 e. The summed E-state index contributed by atoms with van der Waals surface area (Å²) >= 11 is 1.46. The molecule has 0 unspecified atom stereocenters. The first-order chi connectivity index (χ1) is 7.83. The molecular formula is C9H13N5OS. The Morgan fingerprint density at radius 3 is 3.06 bits per heavy atom. The van der Waals surface area contributed by atoms with Crippen molar-refractivity contribution >= 4 is 11.8 Å². The molecule has 0 atom stereocenters. The van der Waals surface area contributed by atoms with Gasteiger partial charge in [0, 0.05) is 18.9 Å². The Hall–Kier alpha value is -1.34. The van der Waals surface area contributed by atoms with Crippen LogP contribution in [0, 0.1) is 0 Å². The van der Waals surface area contributed by atoms with Gasteiger partial charge in [0.2, 0.25) is 5.89 Å². The van der Waals surface area contributed by atoms with Gasteiger partial charge in [0.05, 0.1) is 12.3 Å². The van der Waals surface area contributed by atoms with E-state index in [9.17, 15) is 0 Å². The van der Waals surface area contributed by atoms with Crippen LogP contribution in [0.5, 0.6) is 0 Å². The third-order valence-electron chi connectivity index (χ3n) is 2.09. The Labute approximate surface area is 97.3 Å². The molecule has 7 heteroatoms. The van der Waals surface area contributed by atoms with Gasteiger partial charge in [0.15, 0.2) is 0 Å². The van der Waals surface area contributed by atoms with Crippen molar-refractivity contribution < 1.29 is 4.42 Å². The number of aryl methyl sites for hydroxylation is 1. The molecule has 0 aliphatic heterocycles. The lowest BCUT2D eigenvalue weighted by Crippen LogP contribution is -1.98. The fraction of sp³-hybridized carbons (Fsp3) is 0.444. The van der Waals surface area contributed by atoms with Crippen molar-refractivity contribution in [2.75, 3.05) is 0 Å². The summed E-state index contributed by atoms with van der Waals surface area (Å²) in [7, 11) is 0. The van der Waals surface area contributed by atoms with E-state index in [1.165, 1.54) is 11.8 Å². The van der Waals surface area contributed by atoms with Crippen LogP contribution in [-0.4, -0.2) is 19.7 Å². The van der Waals surface area contributed by atoms with Gasteiger partial charge in [-0.1, -0.05) is 11.8 Å². The summed E-state index contributed by atoms with van der Waals surface area (Å²) in [5.74, 6) is 2.17. The van der Waals surface area contributed by atoms with Crippen molar-refractivity contribution in [3.63, 3.8) is 0 Å². The maximum absolute atomic E-state index is 5.38. The molecule has 2 N–H and O–H groups in total. The van der Waals surface area contributed by atoms with Crippen LogP contribution < -0.4 is 5.73 Å². The summed E-state index contributed by atoms with van der Waals surface area (Å²) in [6.45, 7) is 3.26. The van der Waals surface area contributed by atoms with Crippen LogP contribution in [0.4, 0.5) is 0 Å². The Bertz CT molecular complexity index is 452. The fourth-order valence-electron chi connectivity index (χ4n) is 1.27. The molecule has 0 radical (unpaired) electrons. The van der Waals surface area contributed by atoms with Gasteiger partial charge in [0.25, 0.3) is 5.22 Å². The molecule has 6 nitrogen and oxygen atoms in total. The van der Waals surface area contributed by atoms with Gasteiger partial charge in [-0.25, -0.2) is 4.98 Å². The van der Waals surface area contributed by atoms with E-state index in [-0.39, 0.29) is 6.54 Å². The summed E-state index contributed by atoms with van der Waals surface area (Å²) in [5, 5.41) is 8.19. The van der Waals surface area contributed by atoms with Crippen molar-refractivity contribution in [1.29, 1.82) is 0 Å². The quantitative estimate of drug-likeness (QED) is 0.785. The van der Waals surface area contributed by atoms with Crippen molar-refractivity contribution in [3.05, 3.63) is 24.1 Å². The minimum absolute atomic E-state index is 0.275. The highest BCUT2D eigenvalue weighted by Gasteiger charge is 2.07. The van der Waals surface area contributed by atoms with Crippen LogP contribution in [0.2, 0.25) is 0 Å². The molecule has 86 valence electrons. The Morgan fingerprint density at radius 1 is 1.50 bits per heavy atom. The second kappa shape index (κ2) is 5.13. The molecule has 0 aliphatic rings. The molecule has 2 heterocycles.